The average molecular weight is 450 g/mol. The summed E-state index contributed by atoms with van der Waals surface area (Å²) in [6.07, 6.45) is 1.69. The number of hydrogen-bond acceptors (Lipinski definition) is 6. The number of ether oxygens (including phenoxy) is 2. The maximum absolute atomic E-state index is 12.5. The molecule has 0 aliphatic heterocycles. The third-order valence-corrected chi connectivity index (χ3v) is 5.75. The molecule has 1 N–H and O–H groups in total. The van der Waals surface area contributed by atoms with E-state index >= 15 is 0 Å². The minimum Gasteiger partial charge on any atom is -0.485 e. The molecule has 1 amide bonds. The minimum atomic E-state index is -0.298. The topological polar surface area (TPSA) is 81.9 Å². The number of carbonyl (C=O) groups excluding carboxylic acids is 1. The first-order valence-corrected chi connectivity index (χ1v) is 11.0. The fourth-order valence-corrected chi connectivity index (χ4v) is 3.84. The SMILES string of the molecule is Cc1ccc(NC(=O)COc2ccc(C)c(C)c2)c(OCc2cc(=O)n3ccsc3n2)c1. The molecule has 4 rings (SSSR count). The van der Waals surface area contributed by atoms with E-state index in [0.29, 0.717) is 27.8 Å². The van der Waals surface area contributed by atoms with Crippen LogP contribution in [0.15, 0.2) is 58.8 Å². The van der Waals surface area contributed by atoms with Gasteiger partial charge in [-0.1, -0.05) is 12.1 Å². The van der Waals surface area contributed by atoms with Crippen LogP contribution in [0, 0.1) is 20.8 Å². The van der Waals surface area contributed by atoms with Gasteiger partial charge in [0.15, 0.2) is 11.6 Å². The Balaban J connectivity index is 1.43. The lowest BCUT2D eigenvalue weighted by Crippen LogP contribution is -2.20. The predicted octanol–water partition coefficient (Wildman–Crippen LogP) is 4.28. The van der Waals surface area contributed by atoms with Crippen molar-refractivity contribution in [3.63, 3.8) is 0 Å². The van der Waals surface area contributed by atoms with Crippen molar-refractivity contribution < 1.29 is 14.3 Å². The number of amides is 1. The molecule has 8 heteroatoms. The number of rotatable bonds is 7. The first kappa shape index (κ1) is 21.6. The second-order valence-electron chi connectivity index (χ2n) is 7.51. The van der Waals surface area contributed by atoms with Gasteiger partial charge in [-0.2, -0.15) is 0 Å². The van der Waals surface area contributed by atoms with Gasteiger partial charge in [-0.15, -0.1) is 11.3 Å². The smallest absolute Gasteiger partial charge is 0.262 e. The Morgan fingerprint density at radius 3 is 2.72 bits per heavy atom. The van der Waals surface area contributed by atoms with Crippen molar-refractivity contribution in [1.29, 1.82) is 0 Å². The summed E-state index contributed by atoms with van der Waals surface area (Å²) in [4.78, 5) is 29.7. The van der Waals surface area contributed by atoms with Crippen LogP contribution in [0.5, 0.6) is 11.5 Å². The molecule has 0 aliphatic carbocycles. The highest BCUT2D eigenvalue weighted by molar-refractivity contribution is 7.15. The zero-order valence-electron chi connectivity index (χ0n) is 18.0. The number of nitrogens with one attached hydrogen (secondary N) is 1. The van der Waals surface area contributed by atoms with Crippen molar-refractivity contribution in [1.82, 2.24) is 9.38 Å². The van der Waals surface area contributed by atoms with Gasteiger partial charge in [0, 0.05) is 17.6 Å². The van der Waals surface area contributed by atoms with Gasteiger partial charge in [0.2, 0.25) is 0 Å². The normalized spacial score (nSPS) is 10.8. The van der Waals surface area contributed by atoms with E-state index < -0.39 is 0 Å². The number of hydrogen-bond donors (Lipinski definition) is 1. The molecule has 0 spiro atoms. The van der Waals surface area contributed by atoms with Gasteiger partial charge in [0.05, 0.1) is 11.4 Å². The van der Waals surface area contributed by atoms with E-state index in [-0.39, 0.29) is 24.7 Å². The Kier molecular flexibility index (Phi) is 6.23. The van der Waals surface area contributed by atoms with Crippen LogP contribution in [-0.2, 0) is 11.4 Å². The third kappa shape index (κ3) is 4.97. The van der Waals surface area contributed by atoms with E-state index in [0.717, 1.165) is 11.1 Å². The third-order valence-electron chi connectivity index (χ3n) is 4.99. The highest BCUT2D eigenvalue weighted by atomic mass is 32.1. The maximum atomic E-state index is 12.5. The first-order valence-electron chi connectivity index (χ1n) is 10.1. The average Bonchev–Trinajstić information content (AvgIpc) is 3.24. The zero-order chi connectivity index (χ0) is 22.7. The lowest BCUT2D eigenvalue weighted by atomic mass is 10.1. The Morgan fingerprint density at radius 1 is 1.06 bits per heavy atom. The van der Waals surface area contributed by atoms with Crippen LogP contribution in [0.1, 0.15) is 22.4 Å². The zero-order valence-corrected chi connectivity index (χ0v) is 18.9. The van der Waals surface area contributed by atoms with Gasteiger partial charge in [0.1, 0.15) is 18.1 Å². The van der Waals surface area contributed by atoms with E-state index in [9.17, 15) is 9.59 Å². The molecule has 0 atom stereocenters. The molecule has 0 unspecified atom stereocenters. The lowest BCUT2D eigenvalue weighted by Gasteiger charge is -2.14. The molecule has 32 heavy (non-hydrogen) atoms. The number of aromatic nitrogens is 2. The van der Waals surface area contributed by atoms with Crippen molar-refractivity contribution in [3.8, 4) is 11.5 Å². The molecule has 164 valence electrons. The molecular weight excluding hydrogens is 426 g/mol. The number of benzene rings is 2. The molecule has 4 aromatic rings. The number of thiazole rings is 1. The summed E-state index contributed by atoms with van der Waals surface area (Å²) in [6.45, 7) is 5.94. The largest absolute Gasteiger partial charge is 0.485 e. The quantitative estimate of drug-likeness (QED) is 0.455. The van der Waals surface area contributed by atoms with Crippen LogP contribution < -0.4 is 20.3 Å². The predicted molar refractivity (Wildman–Crippen MR) is 125 cm³/mol. The Bertz CT molecular complexity index is 1340. The second-order valence-corrected chi connectivity index (χ2v) is 8.39. The first-order chi connectivity index (χ1) is 15.4. The fourth-order valence-electron chi connectivity index (χ4n) is 3.10. The molecule has 0 radical (unpaired) electrons. The minimum absolute atomic E-state index is 0.106. The number of anilines is 1. The van der Waals surface area contributed by atoms with E-state index in [1.807, 2.05) is 56.5 Å². The summed E-state index contributed by atoms with van der Waals surface area (Å²) >= 11 is 1.38. The summed E-state index contributed by atoms with van der Waals surface area (Å²) in [5.74, 6) is 0.843. The van der Waals surface area contributed by atoms with Crippen LogP contribution in [0.3, 0.4) is 0 Å². The summed E-state index contributed by atoms with van der Waals surface area (Å²) < 4.78 is 13.0. The number of fused-ring (bicyclic) bond motifs is 1. The van der Waals surface area contributed by atoms with Gasteiger partial charge in [-0.3, -0.25) is 14.0 Å². The van der Waals surface area contributed by atoms with Crippen LogP contribution >= 0.6 is 11.3 Å². The molecule has 0 saturated carbocycles. The maximum Gasteiger partial charge on any atom is 0.262 e. The molecule has 0 aliphatic rings. The van der Waals surface area contributed by atoms with Crippen molar-refractivity contribution in [2.45, 2.75) is 27.4 Å². The van der Waals surface area contributed by atoms with E-state index in [1.54, 1.807) is 12.3 Å². The number of aryl methyl sites for hydroxylation is 3. The Labute approximate surface area is 189 Å². The molecule has 7 nitrogen and oxygen atoms in total. The van der Waals surface area contributed by atoms with Gasteiger partial charge in [-0.25, -0.2) is 4.98 Å². The van der Waals surface area contributed by atoms with E-state index in [2.05, 4.69) is 10.3 Å². The summed E-state index contributed by atoms with van der Waals surface area (Å²) in [5, 5.41) is 4.64. The standard InChI is InChI=1S/C24H23N3O4S/c1-15-4-7-20(26-22(28)14-30-19-6-5-16(2)17(3)11-19)21(10-15)31-13-18-12-23(29)27-8-9-32-24(27)25-18/h4-12H,13-14H2,1-3H3,(H,26,28). The van der Waals surface area contributed by atoms with Crippen LogP contribution in [0.2, 0.25) is 0 Å². The molecule has 0 bridgehead atoms. The summed E-state index contributed by atoms with van der Waals surface area (Å²) in [7, 11) is 0. The van der Waals surface area contributed by atoms with Crippen LogP contribution in [0.25, 0.3) is 4.96 Å². The van der Waals surface area contributed by atoms with Crippen molar-refractivity contribution in [2.24, 2.45) is 0 Å². The second kappa shape index (κ2) is 9.23. The molecule has 0 saturated heterocycles. The molecular formula is C24H23N3O4S. The molecule has 2 heterocycles. The van der Waals surface area contributed by atoms with Crippen LogP contribution in [-0.4, -0.2) is 21.9 Å². The van der Waals surface area contributed by atoms with E-state index in [4.69, 9.17) is 9.47 Å². The molecule has 2 aromatic heterocycles. The van der Waals surface area contributed by atoms with Crippen molar-refractivity contribution in [2.75, 3.05) is 11.9 Å². The monoisotopic (exact) mass is 449 g/mol. The van der Waals surface area contributed by atoms with Gasteiger partial charge in [-0.05, 0) is 61.7 Å². The lowest BCUT2D eigenvalue weighted by molar-refractivity contribution is -0.118. The summed E-state index contributed by atoms with van der Waals surface area (Å²) in [6, 6.07) is 12.7. The molecule has 0 fully saturated rings. The summed E-state index contributed by atoms with van der Waals surface area (Å²) in [5.41, 5.74) is 4.14. The van der Waals surface area contributed by atoms with Crippen LogP contribution in [0.4, 0.5) is 5.69 Å². The molecule has 2 aromatic carbocycles. The van der Waals surface area contributed by atoms with Crippen molar-refractivity contribution >= 4 is 27.9 Å². The number of nitrogens with zero attached hydrogens (tertiary/aromatic N) is 2. The van der Waals surface area contributed by atoms with Gasteiger partial charge in [0.25, 0.3) is 11.5 Å². The van der Waals surface area contributed by atoms with Gasteiger partial charge >= 0.3 is 0 Å². The Hall–Kier alpha value is -3.65. The number of carbonyl (C=O) groups is 1. The highest BCUT2D eigenvalue weighted by Crippen LogP contribution is 2.27. The highest BCUT2D eigenvalue weighted by Gasteiger charge is 2.11. The van der Waals surface area contributed by atoms with E-state index in [1.165, 1.54) is 27.4 Å². The fraction of sp³-hybridized carbons (Fsp3) is 0.208. The Morgan fingerprint density at radius 2 is 1.91 bits per heavy atom. The van der Waals surface area contributed by atoms with Crippen molar-refractivity contribution in [3.05, 3.63) is 86.8 Å². The van der Waals surface area contributed by atoms with Gasteiger partial charge < -0.3 is 14.8 Å².